The lowest BCUT2D eigenvalue weighted by molar-refractivity contribution is 0.0500. The molecule has 8 nitrogen and oxygen atoms in total. The van der Waals surface area contributed by atoms with E-state index in [-0.39, 0.29) is 6.04 Å². The Morgan fingerprint density at radius 2 is 2.10 bits per heavy atom. The van der Waals surface area contributed by atoms with E-state index < -0.39 is 17.7 Å². The van der Waals surface area contributed by atoms with Crippen molar-refractivity contribution < 1.29 is 14.3 Å². The standard InChI is InChI=1S/C20H23N5O3S/c1-20(2,3)28-19(27)23-14-7-8-15-16(10-14)29-18(24-15)25-17(26)22-13-6-4-5-12(9-13)11-21/h4-6,9,14H,7-8,10H2,1-3H3,(H,23,27)(H2,22,24,25,26). The number of aryl methyl sites for hydroxylation is 1. The highest BCUT2D eigenvalue weighted by Gasteiger charge is 2.26. The van der Waals surface area contributed by atoms with Gasteiger partial charge in [0.15, 0.2) is 5.13 Å². The fraction of sp³-hybridized carbons (Fsp3) is 0.400. The number of nitrogens with zero attached hydrogens (tertiary/aromatic N) is 2. The molecular weight excluding hydrogens is 390 g/mol. The molecule has 0 saturated heterocycles. The van der Waals surface area contributed by atoms with Crippen LogP contribution in [0.25, 0.3) is 0 Å². The summed E-state index contributed by atoms with van der Waals surface area (Å²) >= 11 is 1.40. The summed E-state index contributed by atoms with van der Waals surface area (Å²) < 4.78 is 5.31. The molecule has 1 heterocycles. The van der Waals surface area contributed by atoms with Gasteiger partial charge in [-0.2, -0.15) is 5.26 Å². The van der Waals surface area contributed by atoms with E-state index in [0.717, 1.165) is 23.4 Å². The predicted molar refractivity (Wildman–Crippen MR) is 111 cm³/mol. The minimum absolute atomic E-state index is 0.0202. The molecule has 3 amide bonds. The van der Waals surface area contributed by atoms with Crippen LogP contribution in [0.2, 0.25) is 0 Å². The van der Waals surface area contributed by atoms with Crippen molar-refractivity contribution in [2.75, 3.05) is 10.6 Å². The van der Waals surface area contributed by atoms with Gasteiger partial charge >= 0.3 is 12.1 Å². The van der Waals surface area contributed by atoms with Gasteiger partial charge in [-0.05, 0) is 51.8 Å². The van der Waals surface area contributed by atoms with E-state index in [4.69, 9.17) is 10.00 Å². The Bertz CT molecular complexity index is 958. The maximum absolute atomic E-state index is 12.2. The molecule has 29 heavy (non-hydrogen) atoms. The Kier molecular flexibility index (Phi) is 6.03. The van der Waals surface area contributed by atoms with Crippen molar-refractivity contribution in [3.63, 3.8) is 0 Å². The quantitative estimate of drug-likeness (QED) is 0.702. The normalized spacial score (nSPS) is 15.6. The highest BCUT2D eigenvalue weighted by molar-refractivity contribution is 7.15. The first-order valence-corrected chi connectivity index (χ1v) is 10.1. The van der Waals surface area contributed by atoms with Crippen molar-refractivity contribution in [3.05, 3.63) is 40.4 Å². The Hall–Kier alpha value is -3.12. The van der Waals surface area contributed by atoms with Crippen LogP contribution < -0.4 is 16.0 Å². The number of carbonyl (C=O) groups is 2. The molecule has 152 valence electrons. The number of hydrogen-bond donors (Lipinski definition) is 3. The van der Waals surface area contributed by atoms with E-state index in [1.54, 1.807) is 24.3 Å². The van der Waals surface area contributed by atoms with Crippen molar-refractivity contribution in [2.24, 2.45) is 0 Å². The molecule has 0 aliphatic heterocycles. The van der Waals surface area contributed by atoms with Gasteiger partial charge < -0.3 is 15.4 Å². The van der Waals surface area contributed by atoms with Crippen LogP contribution in [-0.2, 0) is 17.6 Å². The summed E-state index contributed by atoms with van der Waals surface area (Å²) in [5, 5.41) is 17.8. The van der Waals surface area contributed by atoms with E-state index in [1.165, 1.54) is 11.3 Å². The molecule has 0 spiro atoms. The van der Waals surface area contributed by atoms with Gasteiger partial charge in [-0.15, -0.1) is 11.3 Å². The second kappa shape index (κ2) is 8.49. The van der Waals surface area contributed by atoms with Crippen molar-refractivity contribution in [1.29, 1.82) is 5.26 Å². The lowest BCUT2D eigenvalue weighted by atomic mass is 9.98. The van der Waals surface area contributed by atoms with Crippen LogP contribution >= 0.6 is 11.3 Å². The van der Waals surface area contributed by atoms with Gasteiger partial charge in [-0.1, -0.05) is 6.07 Å². The van der Waals surface area contributed by atoms with E-state index in [2.05, 4.69) is 20.9 Å². The second-order valence-corrected chi connectivity index (χ2v) is 8.83. The number of fused-ring (bicyclic) bond motifs is 1. The number of carbonyl (C=O) groups excluding carboxylic acids is 2. The third-order valence-corrected chi connectivity index (χ3v) is 5.17. The van der Waals surface area contributed by atoms with Gasteiger partial charge in [0.05, 0.1) is 17.3 Å². The molecule has 3 rings (SSSR count). The van der Waals surface area contributed by atoms with Crippen LogP contribution in [-0.4, -0.2) is 28.8 Å². The Balaban J connectivity index is 1.57. The molecule has 0 saturated carbocycles. The number of nitriles is 1. The number of alkyl carbamates (subject to hydrolysis) is 1. The molecule has 1 aliphatic rings. The van der Waals surface area contributed by atoms with Crippen molar-refractivity contribution in [3.8, 4) is 6.07 Å². The molecule has 0 fully saturated rings. The Morgan fingerprint density at radius 3 is 2.83 bits per heavy atom. The molecule has 1 atom stereocenters. The lowest BCUT2D eigenvalue weighted by Gasteiger charge is -2.25. The number of benzene rings is 1. The number of aromatic nitrogens is 1. The number of nitrogens with one attached hydrogen (secondary N) is 3. The predicted octanol–water partition coefficient (Wildman–Crippen LogP) is 4.04. The second-order valence-electron chi connectivity index (χ2n) is 7.75. The zero-order valence-electron chi connectivity index (χ0n) is 16.5. The van der Waals surface area contributed by atoms with Gasteiger partial charge in [0.2, 0.25) is 0 Å². The van der Waals surface area contributed by atoms with Gasteiger partial charge in [0, 0.05) is 23.0 Å². The first kappa shape index (κ1) is 20.6. The number of thiazole rings is 1. The largest absolute Gasteiger partial charge is 0.444 e. The SMILES string of the molecule is CC(C)(C)OC(=O)NC1CCc2nc(NC(=O)Nc3cccc(C#N)c3)sc2C1. The fourth-order valence-corrected chi connectivity index (χ4v) is 4.03. The van der Waals surface area contributed by atoms with Crippen LogP contribution in [0.1, 0.15) is 43.3 Å². The third kappa shape index (κ3) is 5.93. The van der Waals surface area contributed by atoms with Gasteiger partial charge in [-0.3, -0.25) is 5.32 Å². The molecule has 0 bridgehead atoms. The van der Waals surface area contributed by atoms with Crippen LogP contribution in [0.15, 0.2) is 24.3 Å². The summed E-state index contributed by atoms with van der Waals surface area (Å²) in [7, 11) is 0. The molecule has 1 unspecified atom stereocenters. The monoisotopic (exact) mass is 413 g/mol. The highest BCUT2D eigenvalue weighted by Crippen LogP contribution is 2.30. The summed E-state index contributed by atoms with van der Waals surface area (Å²) in [6.45, 7) is 5.48. The maximum Gasteiger partial charge on any atom is 0.407 e. The summed E-state index contributed by atoms with van der Waals surface area (Å²) in [5.74, 6) is 0. The van der Waals surface area contributed by atoms with Crippen molar-refractivity contribution in [2.45, 2.75) is 51.7 Å². The molecular formula is C20H23N5O3S. The van der Waals surface area contributed by atoms with Crippen LogP contribution in [0.4, 0.5) is 20.4 Å². The summed E-state index contributed by atoms with van der Waals surface area (Å²) in [6, 6.07) is 8.26. The average Bonchev–Trinajstić information content (AvgIpc) is 3.01. The minimum Gasteiger partial charge on any atom is -0.444 e. The van der Waals surface area contributed by atoms with E-state index in [0.29, 0.717) is 22.8 Å². The number of amides is 3. The fourth-order valence-electron chi connectivity index (χ4n) is 2.95. The number of urea groups is 1. The number of anilines is 2. The van der Waals surface area contributed by atoms with Gasteiger partial charge in [0.25, 0.3) is 0 Å². The van der Waals surface area contributed by atoms with Crippen LogP contribution in [0, 0.1) is 11.3 Å². The number of ether oxygens (including phenoxy) is 1. The molecule has 1 aliphatic carbocycles. The Labute approximate surface area is 173 Å². The lowest BCUT2D eigenvalue weighted by Crippen LogP contribution is -2.41. The van der Waals surface area contributed by atoms with Crippen LogP contribution in [0.3, 0.4) is 0 Å². The molecule has 1 aromatic carbocycles. The third-order valence-electron chi connectivity index (χ3n) is 4.13. The zero-order chi connectivity index (χ0) is 21.0. The topological polar surface area (TPSA) is 116 Å². The molecule has 3 N–H and O–H groups in total. The molecule has 2 aromatic rings. The van der Waals surface area contributed by atoms with Gasteiger partial charge in [-0.25, -0.2) is 14.6 Å². The van der Waals surface area contributed by atoms with Crippen molar-refractivity contribution >= 4 is 34.3 Å². The maximum atomic E-state index is 12.2. The smallest absolute Gasteiger partial charge is 0.407 e. The first-order valence-electron chi connectivity index (χ1n) is 9.28. The molecule has 0 radical (unpaired) electrons. The summed E-state index contributed by atoms with van der Waals surface area (Å²) in [5.41, 5.74) is 1.41. The van der Waals surface area contributed by atoms with Crippen LogP contribution in [0.5, 0.6) is 0 Å². The number of hydrogen-bond acceptors (Lipinski definition) is 6. The van der Waals surface area contributed by atoms with Crippen molar-refractivity contribution in [1.82, 2.24) is 10.3 Å². The first-order chi connectivity index (χ1) is 13.7. The van der Waals surface area contributed by atoms with Gasteiger partial charge in [0.1, 0.15) is 5.60 Å². The van der Waals surface area contributed by atoms with E-state index in [9.17, 15) is 9.59 Å². The number of rotatable bonds is 3. The highest BCUT2D eigenvalue weighted by atomic mass is 32.1. The molecule has 9 heteroatoms. The zero-order valence-corrected chi connectivity index (χ0v) is 17.4. The van der Waals surface area contributed by atoms with E-state index in [1.807, 2.05) is 26.8 Å². The summed E-state index contributed by atoms with van der Waals surface area (Å²) in [6.07, 6.45) is 1.72. The minimum atomic E-state index is -0.536. The van der Waals surface area contributed by atoms with E-state index >= 15 is 0 Å². The molecule has 1 aromatic heterocycles. The summed E-state index contributed by atoms with van der Waals surface area (Å²) in [4.78, 5) is 29.7. The Morgan fingerprint density at radius 1 is 1.31 bits per heavy atom. The average molecular weight is 414 g/mol.